The Morgan fingerprint density at radius 1 is 1.10 bits per heavy atom. The second kappa shape index (κ2) is 11.1. The van der Waals surface area contributed by atoms with E-state index in [0.29, 0.717) is 25.8 Å². The Morgan fingerprint density at radius 2 is 1.78 bits per heavy atom. The smallest absolute Gasteiger partial charge is 0.369 e. The zero-order valence-electron chi connectivity index (χ0n) is 23.0. The van der Waals surface area contributed by atoms with Crippen LogP contribution in [0.5, 0.6) is 0 Å². The summed E-state index contributed by atoms with van der Waals surface area (Å²) in [6, 6.07) is -3.98. The lowest BCUT2D eigenvalue weighted by Crippen LogP contribution is -2.60. The van der Waals surface area contributed by atoms with Crippen molar-refractivity contribution in [3.8, 4) is 0 Å². The van der Waals surface area contributed by atoms with Gasteiger partial charge in [-0.1, -0.05) is 20.3 Å². The number of nitrogens with zero attached hydrogens (tertiary/aromatic N) is 1. The molecule has 4 rings (SSSR count). The molecule has 7 N–H and O–H groups in total. The Morgan fingerprint density at radius 3 is 2.34 bits per heavy atom. The van der Waals surface area contributed by atoms with E-state index in [9.17, 15) is 41.9 Å². The third-order valence-electron chi connectivity index (χ3n) is 9.50. The molecule has 2 saturated carbocycles. The van der Waals surface area contributed by atoms with E-state index in [0.717, 1.165) is 0 Å². The van der Waals surface area contributed by atoms with Crippen LogP contribution >= 0.6 is 0 Å². The van der Waals surface area contributed by atoms with Gasteiger partial charge >= 0.3 is 12.1 Å². The predicted octanol–water partition coefficient (Wildman–Crippen LogP) is -0.695. The molecule has 0 radical (unpaired) electrons. The van der Waals surface area contributed by atoms with Gasteiger partial charge in [0.1, 0.15) is 18.1 Å². The molecule has 0 aromatic rings. The molecule has 12 nitrogen and oxygen atoms in total. The van der Waals surface area contributed by atoms with Crippen LogP contribution in [0.2, 0.25) is 0 Å². The number of likely N-dealkylation sites (tertiary alicyclic amines) is 1. The number of fused-ring (bicyclic) bond motifs is 1. The summed E-state index contributed by atoms with van der Waals surface area (Å²) in [5.41, 5.74) is 10.6. The number of primary amides is 2. The highest BCUT2D eigenvalue weighted by Gasteiger charge is 2.70. The molecule has 4 fully saturated rings. The van der Waals surface area contributed by atoms with E-state index in [4.69, 9.17) is 11.5 Å². The van der Waals surface area contributed by atoms with Gasteiger partial charge in [-0.05, 0) is 55.3 Å². The number of hydrogen-bond donors (Lipinski definition) is 5. The van der Waals surface area contributed by atoms with Crippen molar-refractivity contribution < 1.29 is 41.9 Å². The van der Waals surface area contributed by atoms with E-state index in [1.54, 1.807) is 0 Å². The number of carbonyl (C=O) groups is 6. The SMILES string of the molecule is CC1(C)[C@@H]2[C@@H](C(=O)N[C@@H](C[C@@H]3CCNC3=O)C(N)=O)N(C(=O)C(NC(=O)C(F)(F)F)C3CCCC(C(N)=O)C3)C[C@@H]21. The van der Waals surface area contributed by atoms with Gasteiger partial charge in [-0.25, -0.2) is 0 Å². The van der Waals surface area contributed by atoms with Crippen LogP contribution in [0.1, 0.15) is 52.4 Å². The van der Waals surface area contributed by atoms with Crippen molar-refractivity contribution in [2.45, 2.75) is 76.7 Å². The maximum Gasteiger partial charge on any atom is 0.471 e. The van der Waals surface area contributed by atoms with Gasteiger partial charge in [-0.3, -0.25) is 28.8 Å². The number of hydrogen-bond acceptors (Lipinski definition) is 6. The fourth-order valence-electron chi connectivity index (χ4n) is 7.04. The molecule has 41 heavy (non-hydrogen) atoms. The van der Waals surface area contributed by atoms with Crippen LogP contribution in [0.3, 0.4) is 0 Å². The second-order valence-electron chi connectivity index (χ2n) is 12.3. The van der Waals surface area contributed by atoms with Gasteiger partial charge in [0.2, 0.25) is 29.5 Å². The lowest BCUT2D eigenvalue weighted by Gasteiger charge is -2.38. The molecule has 0 aromatic carbocycles. The van der Waals surface area contributed by atoms with Crippen molar-refractivity contribution in [2.75, 3.05) is 13.1 Å². The highest BCUT2D eigenvalue weighted by molar-refractivity contribution is 5.96. The first-order valence-corrected chi connectivity index (χ1v) is 13.9. The average molecular weight is 587 g/mol. The summed E-state index contributed by atoms with van der Waals surface area (Å²) in [7, 11) is 0. The molecule has 2 aliphatic carbocycles. The van der Waals surface area contributed by atoms with Crippen molar-refractivity contribution >= 4 is 35.4 Å². The van der Waals surface area contributed by atoms with E-state index >= 15 is 0 Å². The van der Waals surface area contributed by atoms with Gasteiger partial charge in [0, 0.05) is 24.9 Å². The summed E-state index contributed by atoms with van der Waals surface area (Å²) in [5.74, 6) is -8.15. The minimum atomic E-state index is -5.26. The molecule has 2 saturated heterocycles. The maximum absolute atomic E-state index is 13.9. The number of amides is 6. The number of piperidine rings is 1. The van der Waals surface area contributed by atoms with E-state index in [-0.39, 0.29) is 49.0 Å². The predicted molar refractivity (Wildman–Crippen MR) is 136 cm³/mol. The van der Waals surface area contributed by atoms with Gasteiger partial charge in [-0.2, -0.15) is 13.2 Å². The van der Waals surface area contributed by atoms with Crippen molar-refractivity contribution in [3.63, 3.8) is 0 Å². The van der Waals surface area contributed by atoms with Crippen LogP contribution in [-0.2, 0) is 28.8 Å². The zero-order valence-corrected chi connectivity index (χ0v) is 23.0. The summed E-state index contributed by atoms with van der Waals surface area (Å²) in [4.78, 5) is 76.8. The Labute approximate surface area is 234 Å². The maximum atomic E-state index is 13.9. The third kappa shape index (κ3) is 6.13. The molecule has 4 aliphatic rings. The quantitative estimate of drug-likeness (QED) is 0.237. The van der Waals surface area contributed by atoms with Gasteiger partial charge < -0.3 is 32.3 Å². The number of halogens is 3. The van der Waals surface area contributed by atoms with Crippen molar-refractivity contribution in [2.24, 2.45) is 46.5 Å². The van der Waals surface area contributed by atoms with Gasteiger partial charge in [0.25, 0.3) is 0 Å². The number of nitrogens with one attached hydrogen (secondary N) is 3. The molecule has 3 unspecified atom stereocenters. The molecule has 15 heteroatoms. The minimum Gasteiger partial charge on any atom is -0.369 e. The van der Waals surface area contributed by atoms with E-state index in [1.165, 1.54) is 4.90 Å². The number of rotatable bonds is 9. The van der Waals surface area contributed by atoms with E-state index in [2.05, 4.69) is 10.6 Å². The summed E-state index contributed by atoms with van der Waals surface area (Å²) in [6.45, 7) is 4.29. The Balaban J connectivity index is 1.58. The Hall–Kier alpha value is -3.39. The first kappa shape index (κ1) is 30.6. The monoisotopic (exact) mass is 586 g/mol. The number of carbonyl (C=O) groups excluding carboxylic acids is 6. The largest absolute Gasteiger partial charge is 0.471 e. The molecule has 0 spiro atoms. The molecule has 6 amide bonds. The zero-order chi connectivity index (χ0) is 30.4. The number of nitrogens with two attached hydrogens (primary N) is 2. The summed E-state index contributed by atoms with van der Waals surface area (Å²) < 4.78 is 39.8. The normalized spacial score (nSPS) is 31.8. The van der Waals surface area contributed by atoms with Crippen LogP contribution in [0.25, 0.3) is 0 Å². The van der Waals surface area contributed by atoms with Crippen LogP contribution in [-0.4, -0.2) is 77.7 Å². The molecule has 8 atom stereocenters. The minimum absolute atomic E-state index is 0.0140. The van der Waals surface area contributed by atoms with E-state index < -0.39 is 71.6 Å². The first-order chi connectivity index (χ1) is 19.0. The van der Waals surface area contributed by atoms with Crippen LogP contribution < -0.4 is 27.4 Å². The molecule has 228 valence electrons. The third-order valence-corrected chi connectivity index (χ3v) is 9.50. The lowest BCUT2D eigenvalue weighted by atomic mass is 9.77. The van der Waals surface area contributed by atoms with Crippen molar-refractivity contribution in [3.05, 3.63) is 0 Å². The van der Waals surface area contributed by atoms with Crippen LogP contribution in [0.4, 0.5) is 13.2 Å². The van der Waals surface area contributed by atoms with Crippen molar-refractivity contribution in [1.29, 1.82) is 0 Å². The summed E-state index contributed by atoms with van der Waals surface area (Å²) in [6.07, 6.45) is -3.72. The average Bonchev–Trinajstić information content (AvgIpc) is 3.24. The molecule has 2 aliphatic heterocycles. The molecule has 0 aromatic heterocycles. The van der Waals surface area contributed by atoms with Gasteiger partial charge in [0.15, 0.2) is 0 Å². The molecular weight excluding hydrogens is 549 g/mol. The topological polar surface area (TPSA) is 194 Å². The van der Waals surface area contributed by atoms with Gasteiger partial charge in [0.05, 0.1) is 0 Å². The summed E-state index contributed by atoms with van der Waals surface area (Å²) in [5, 5.41) is 7.05. The van der Waals surface area contributed by atoms with Gasteiger partial charge in [-0.15, -0.1) is 0 Å². The highest BCUT2D eigenvalue weighted by Crippen LogP contribution is 2.65. The first-order valence-electron chi connectivity index (χ1n) is 13.9. The Kier molecular flexibility index (Phi) is 8.29. The van der Waals surface area contributed by atoms with Crippen molar-refractivity contribution in [1.82, 2.24) is 20.9 Å². The fourth-order valence-corrected chi connectivity index (χ4v) is 7.04. The molecule has 2 heterocycles. The molecular formula is C26H37F3N6O6. The standard InChI is InChI=1S/C26H37F3N6O6/c1-25(2)14-10-35(18(16(14)25)22(39)33-15(20(31)37)9-13-6-7-32-21(13)38)23(40)17(34-24(41)26(27,28)29)11-4-3-5-12(8-11)19(30)36/h11-18H,3-10H2,1-2H3,(H2,30,36)(H2,31,37)(H,32,38)(H,33,39)(H,34,41)/t11?,12?,13-,14-,15-,16-,17?,18-/m0/s1. The van der Waals surface area contributed by atoms with E-state index in [1.807, 2.05) is 19.2 Å². The number of alkyl halides is 3. The molecule has 0 bridgehead atoms. The highest BCUT2D eigenvalue weighted by atomic mass is 19.4. The van der Waals surface area contributed by atoms with Crippen LogP contribution in [0.15, 0.2) is 0 Å². The lowest BCUT2D eigenvalue weighted by molar-refractivity contribution is -0.176. The Bertz CT molecular complexity index is 1130. The second-order valence-corrected chi connectivity index (χ2v) is 12.3. The summed E-state index contributed by atoms with van der Waals surface area (Å²) >= 11 is 0. The van der Waals surface area contributed by atoms with Crippen LogP contribution in [0, 0.1) is 35.0 Å². The fraction of sp³-hybridized carbons (Fsp3) is 0.769.